The number of hydrogen-bond donors (Lipinski definition) is 2. The van der Waals surface area contributed by atoms with Gasteiger partial charge in [-0.3, -0.25) is 4.79 Å². The molecule has 0 aliphatic heterocycles. The fourth-order valence-electron chi connectivity index (χ4n) is 1.51. The Morgan fingerprint density at radius 1 is 1.47 bits per heavy atom. The van der Waals surface area contributed by atoms with Crippen LogP contribution in [0.25, 0.3) is 0 Å². The van der Waals surface area contributed by atoms with Crippen LogP contribution in [0.5, 0.6) is 0 Å². The average molecular weight is 235 g/mol. The monoisotopic (exact) mass is 235 g/mol. The Labute approximate surface area is 103 Å². The molecule has 1 rings (SSSR count). The van der Waals surface area contributed by atoms with Crippen LogP contribution in [0, 0.1) is 5.92 Å². The average Bonchev–Trinajstić information content (AvgIpc) is 2.29. The summed E-state index contributed by atoms with van der Waals surface area (Å²) in [6.07, 6.45) is 0.708. The van der Waals surface area contributed by atoms with Crippen LogP contribution in [-0.4, -0.2) is 26.5 Å². The second-order valence-corrected chi connectivity index (χ2v) is 4.41. The first kappa shape index (κ1) is 13.5. The molecule has 0 aliphatic carbocycles. The van der Waals surface area contributed by atoms with Crippen molar-refractivity contribution in [2.75, 3.05) is 30.9 Å². The van der Waals surface area contributed by atoms with Crippen molar-refractivity contribution in [3.8, 4) is 0 Å². The Bertz CT molecular complexity index is 377. The van der Waals surface area contributed by atoms with Gasteiger partial charge in [-0.25, -0.2) is 0 Å². The van der Waals surface area contributed by atoms with E-state index in [0.717, 1.165) is 11.4 Å². The van der Waals surface area contributed by atoms with Gasteiger partial charge in [0.25, 0.3) is 0 Å². The molecule has 0 bridgehead atoms. The predicted molar refractivity (Wildman–Crippen MR) is 72.2 cm³/mol. The van der Waals surface area contributed by atoms with Gasteiger partial charge in [0.05, 0.1) is 0 Å². The molecular weight excluding hydrogens is 214 g/mol. The molecule has 0 saturated carbocycles. The third-order valence-corrected chi connectivity index (χ3v) is 2.68. The van der Waals surface area contributed by atoms with Gasteiger partial charge >= 0.3 is 0 Å². The number of carbonyl (C=O) groups is 1. The van der Waals surface area contributed by atoms with E-state index in [0.29, 0.717) is 13.0 Å². The minimum absolute atomic E-state index is 0.0198. The maximum Gasteiger partial charge on any atom is 0.227 e. The minimum Gasteiger partial charge on any atom is -0.378 e. The van der Waals surface area contributed by atoms with Crippen molar-refractivity contribution >= 4 is 17.3 Å². The summed E-state index contributed by atoms with van der Waals surface area (Å²) in [6.45, 7) is 2.42. The summed E-state index contributed by atoms with van der Waals surface area (Å²) in [6, 6.07) is 7.77. The second-order valence-electron chi connectivity index (χ2n) is 4.41. The SMILES string of the molecule is CC(CCN)C(=O)Nc1cccc(N(C)C)c1. The molecule has 0 aromatic heterocycles. The molecule has 3 N–H and O–H groups in total. The van der Waals surface area contributed by atoms with Gasteiger partial charge in [-0.05, 0) is 31.2 Å². The van der Waals surface area contributed by atoms with Crippen molar-refractivity contribution < 1.29 is 4.79 Å². The molecule has 17 heavy (non-hydrogen) atoms. The normalized spacial score (nSPS) is 12.0. The number of rotatable bonds is 5. The summed E-state index contributed by atoms with van der Waals surface area (Å²) in [5, 5.41) is 2.90. The number of benzene rings is 1. The Balaban J connectivity index is 2.68. The Hall–Kier alpha value is -1.55. The molecule has 1 unspecified atom stereocenters. The summed E-state index contributed by atoms with van der Waals surface area (Å²) >= 11 is 0. The summed E-state index contributed by atoms with van der Waals surface area (Å²) in [5.74, 6) is -0.0330. The molecule has 94 valence electrons. The molecule has 1 amide bonds. The Kier molecular flexibility index (Phi) is 4.97. The lowest BCUT2D eigenvalue weighted by Crippen LogP contribution is -2.22. The van der Waals surface area contributed by atoms with Gasteiger partial charge in [0.1, 0.15) is 0 Å². The van der Waals surface area contributed by atoms with Crippen molar-refractivity contribution in [3.63, 3.8) is 0 Å². The number of anilines is 2. The highest BCUT2D eigenvalue weighted by molar-refractivity contribution is 5.92. The molecule has 1 atom stereocenters. The Morgan fingerprint density at radius 3 is 2.76 bits per heavy atom. The maximum atomic E-state index is 11.8. The second kappa shape index (κ2) is 6.25. The summed E-state index contributed by atoms with van der Waals surface area (Å²) in [7, 11) is 3.94. The first-order chi connectivity index (χ1) is 8.04. The van der Waals surface area contributed by atoms with Gasteiger partial charge in [0.2, 0.25) is 5.91 Å². The highest BCUT2D eigenvalue weighted by atomic mass is 16.1. The van der Waals surface area contributed by atoms with Gasteiger partial charge in [-0.1, -0.05) is 13.0 Å². The predicted octanol–water partition coefficient (Wildman–Crippen LogP) is 1.68. The molecule has 0 spiro atoms. The lowest BCUT2D eigenvalue weighted by molar-refractivity contribution is -0.119. The van der Waals surface area contributed by atoms with Gasteiger partial charge in [-0.15, -0.1) is 0 Å². The molecule has 1 aromatic rings. The van der Waals surface area contributed by atoms with Gasteiger partial charge in [0, 0.05) is 31.4 Å². The van der Waals surface area contributed by atoms with Crippen molar-refractivity contribution in [2.24, 2.45) is 11.7 Å². The first-order valence-electron chi connectivity index (χ1n) is 5.83. The molecule has 0 radical (unpaired) electrons. The van der Waals surface area contributed by atoms with Gasteiger partial charge < -0.3 is 16.0 Å². The van der Waals surface area contributed by atoms with E-state index < -0.39 is 0 Å². The molecule has 0 aliphatic rings. The lowest BCUT2D eigenvalue weighted by Gasteiger charge is -2.15. The summed E-state index contributed by atoms with van der Waals surface area (Å²) in [4.78, 5) is 13.8. The fraction of sp³-hybridized carbons (Fsp3) is 0.462. The number of amides is 1. The number of nitrogens with one attached hydrogen (secondary N) is 1. The molecule has 0 heterocycles. The quantitative estimate of drug-likeness (QED) is 0.816. The van der Waals surface area contributed by atoms with Crippen LogP contribution in [0.3, 0.4) is 0 Å². The van der Waals surface area contributed by atoms with Crippen LogP contribution in [0.2, 0.25) is 0 Å². The topological polar surface area (TPSA) is 58.4 Å². The van der Waals surface area contributed by atoms with Crippen LogP contribution >= 0.6 is 0 Å². The number of nitrogens with zero attached hydrogens (tertiary/aromatic N) is 1. The van der Waals surface area contributed by atoms with E-state index in [1.54, 1.807) is 0 Å². The molecule has 4 heteroatoms. The molecule has 0 fully saturated rings. The van der Waals surface area contributed by atoms with Crippen LogP contribution in [0.1, 0.15) is 13.3 Å². The zero-order valence-corrected chi connectivity index (χ0v) is 10.7. The largest absolute Gasteiger partial charge is 0.378 e. The Morgan fingerprint density at radius 2 is 2.18 bits per heavy atom. The van der Waals surface area contributed by atoms with Crippen LogP contribution in [0.15, 0.2) is 24.3 Å². The number of hydrogen-bond acceptors (Lipinski definition) is 3. The van der Waals surface area contributed by atoms with E-state index >= 15 is 0 Å². The summed E-state index contributed by atoms with van der Waals surface area (Å²) < 4.78 is 0. The third kappa shape index (κ3) is 4.07. The van der Waals surface area contributed by atoms with E-state index in [-0.39, 0.29) is 11.8 Å². The molecule has 1 aromatic carbocycles. The fourth-order valence-corrected chi connectivity index (χ4v) is 1.51. The number of carbonyl (C=O) groups excluding carboxylic acids is 1. The van der Waals surface area contributed by atoms with Crippen LogP contribution < -0.4 is 16.0 Å². The zero-order valence-electron chi connectivity index (χ0n) is 10.7. The van der Waals surface area contributed by atoms with E-state index in [2.05, 4.69) is 5.32 Å². The van der Waals surface area contributed by atoms with Crippen molar-refractivity contribution in [3.05, 3.63) is 24.3 Å². The molecular formula is C13H21N3O. The van der Waals surface area contributed by atoms with Crippen molar-refractivity contribution in [1.82, 2.24) is 0 Å². The van der Waals surface area contributed by atoms with Gasteiger partial charge in [-0.2, -0.15) is 0 Å². The molecule has 4 nitrogen and oxygen atoms in total. The van der Waals surface area contributed by atoms with Crippen LogP contribution in [-0.2, 0) is 4.79 Å². The van der Waals surface area contributed by atoms with Gasteiger partial charge in [0.15, 0.2) is 0 Å². The highest BCUT2D eigenvalue weighted by Gasteiger charge is 2.11. The van der Waals surface area contributed by atoms with Crippen molar-refractivity contribution in [2.45, 2.75) is 13.3 Å². The van der Waals surface area contributed by atoms with Crippen molar-refractivity contribution in [1.29, 1.82) is 0 Å². The van der Waals surface area contributed by atoms with Crippen LogP contribution in [0.4, 0.5) is 11.4 Å². The third-order valence-electron chi connectivity index (χ3n) is 2.68. The standard InChI is InChI=1S/C13H21N3O/c1-10(7-8-14)13(17)15-11-5-4-6-12(9-11)16(2)3/h4-6,9-10H,7-8,14H2,1-3H3,(H,15,17). The zero-order chi connectivity index (χ0) is 12.8. The lowest BCUT2D eigenvalue weighted by atomic mass is 10.1. The summed E-state index contributed by atoms with van der Waals surface area (Å²) in [5.41, 5.74) is 7.33. The van der Waals surface area contributed by atoms with E-state index in [1.165, 1.54) is 0 Å². The molecule has 0 saturated heterocycles. The minimum atomic E-state index is -0.0528. The smallest absolute Gasteiger partial charge is 0.227 e. The van der Waals surface area contributed by atoms with E-state index in [1.807, 2.05) is 50.2 Å². The maximum absolute atomic E-state index is 11.8. The first-order valence-corrected chi connectivity index (χ1v) is 5.83. The highest BCUT2D eigenvalue weighted by Crippen LogP contribution is 2.18. The van der Waals surface area contributed by atoms with E-state index in [4.69, 9.17) is 5.73 Å². The van der Waals surface area contributed by atoms with E-state index in [9.17, 15) is 4.79 Å². The number of nitrogens with two attached hydrogens (primary N) is 1.